The molecule has 0 unspecified atom stereocenters. The topological polar surface area (TPSA) is 75.3 Å². The number of hydrogen-bond acceptors (Lipinski definition) is 3. The van der Waals surface area contributed by atoms with Crippen LogP contribution in [0.4, 0.5) is 5.69 Å². The zero-order chi connectivity index (χ0) is 14.0. The molecule has 0 aromatic heterocycles. The second kappa shape index (κ2) is 6.05. The molecule has 108 valence electrons. The fourth-order valence-electron chi connectivity index (χ4n) is 2.20. The fourth-order valence-corrected chi connectivity index (χ4v) is 2.20. The molecule has 1 aromatic carbocycles. The van der Waals surface area contributed by atoms with Crippen LogP contribution in [0.5, 0.6) is 0 Å². The Morgan fingerprint density at radius 1 is 1.25 bits per heavy atom. The molecule has 1 aliphatic heterocycles. The lowest BCUT2D eigenvalue weighted by atomic mass is 9.75. The Hall–Kier alpha value is -1.88. The molecule has 0 radical (unpaired) electrons. The van der Waals surface area contributed by atoms with Crippen molar-refractivity contribution in [2.24, 2.45) is 0 Å². The molecule has 1 aromatic rings. The van der Waals surface area contributed by atoms with Crippen molar-refractivity contribution >= 4 is 35.8 Å². The van der Waals surface area contributed by atoms with Crippen LogP contribution in [0.25, 0.3) is 0 Å². The van der Waals surface area contributed by atoms with Crippen LogP contribution in [0.1, 0.15) is 32.3 Å². The molecular weight excluding hydrogens is 280 g/mol. The second-order valence-corrected chi connectivity index (χ2v) is 4.97. The van der Waals surface area contributed by atoms with Gasteiger partial charge in [-0.1, -0.05) is 12.1 Å². The van der Waals surface area contributed by atoms with E-state index in [1.807, 2.05) is 6.92 Å². The summed E-state index contributed by atoms with van der Waals surface area (Å²) < 4.78 is 0. The smallest absolute Gasteiger partial charge is 0.236 e. The van der Waals surface area contributed by atoms with E-state index in [4.69, 9.17) is 0 Å². The highest BCUT2D eigenvalue weighted by Gasteiger charge is 2.39. The maximum absolute atomic E-state index is 12.0. The van der Waals surface area contributed by atoms with Gasteiger partial charge in [0, 0.05) is 19.0 Å². The van der Waals surface area contributed by atoms with Crippen LogP contribution in [-0.4, -0.2) is 17.7 Å². The minimum atomic E-state index is -0.692. The number of amides is 3. The summed E-state index contributed by atoms with van der Waals surface area (Å²) in [7, 11) is 0. The van der Waals surface area contributed by atoms with Crippen molar-refractivity contribution in [1.29, 1.82) is 0 Å². The van der Waals surface area contributed by atoms with Crippen LogP contribution in [0.15, 0.2) is 24.3 Å². The summed E-state index contributed by atoms with van der Waals surface area (Å²) in [6.45, 7) is 3.26. The van der Waals surface area contributed by atoms with E-state index in [2.05, 4.69) is 10.6 Å². The van der Waals surface area contributed by atoms with Gasteiger partial charge in [-0.3, -0.25) is 19.7 Å². The third-order valence-electron chi connectivity index (χ3n) is 3.45. The molecule has 1 fully saturated rings. The number of piperidine rings is 1. The Bertz CT molecular complexity index is 542. The number of rotatable bonds is 2. The third-order valence-corrected chi connectivity index (χ3v) is 3.45. The predicted molar refractivity (Wildman–Crippen MR) is 77.7 cm³/mol. The number of carbonyl (C=O) groups excluding carboxylic acids is 3. The minimum Gasteiger partial charge on any atom is -0.326 e. The van der Waals surface area contributed by atoms with Crippen LogP contribution in [0.3, 0.4) is 0 Å². The summed E-state index contributed by atoms with van der Waals surface area (Å²) in [5.41, 5.74) is 0.835. The lowest BCUT2D eigenvalue weighted by Gasteiger charge is -2.32. The van der Waals surface area contributed by atoms with Crippen molar-refractivity contribution in [2.75, 3.05) is 5.32 Å². The first-order valence-electron chi connectivity index (χ1n) is 6.14. The van der Waals surface area contributed by atoms with Gasteiger partial charge in [-0.2, -0.15) is 0 Å². The van der Waals surface area contributed by atoms with Gasteiger partial charge in [-0.05, 0) is 31.0 Å². The first kappa shape index (κ1) is 16.2. The van der Waals surface area contributed by atoms with Gasteiger partial charge in [0.05, 0.1) is 5.41 Å². The van der Waals surface area contributed by atoms with E-state index in [0.29, 0.717) is 18.5 Å². The zero-order valence-corrected chi connectivity index (χ0v) is 12.2. The van der Waals surface area contributed by atoms with Crippen molar-refractivity contribution in [3.05, 3.63) is 29.8 Å². The molecule has 0 spiro atoms. The number of imide groups is 1. The summed E-state index contributed by atoms with van der Waals surface area (Å²) >= 11 is 0. The maximum Gasteiger partial charge on any atom is 0.236 e. The summed E-state index contributed by atoms with van der Waals surface area (Å²) in [5.74, 6) is -0.631. The average Bonchev–Trinajstić information content (AvgIpc) is 2.34. The lowest BCUT2D eigenvalue weighted by molar-refractivity contribution is -0.137. The van der Waals surface area contributed by atoms with Crippen LogP contribution < -0.4 is 10.6 Å². The van der Waals surface area contributed by atoms with Gasteiger partial charge < -0.3 is 5.32 Å². The van der Waals surface area contributed by atoms with Gasteiger partial charge in [0.1, 0.15) is 0 Å². The van der Waals surface area contributed by atoms with Gasteiger partial charge in [0.2, 0.25) is 17.7 Å². The Kier molecular flexibility index (Phi) is 4.89. The Labute approximate surface area is 123 Å². The molecular formula is C14H17ClN2O3. The molecule has 0 saturated carbocycles. The number of hydrogen-bond donors (Lipinski definition) is 2. The van der Waals surface area contributed by atoms with E-state index >= 15 is 0 Å². The van der Waals surface area contributed by atoms with Gasteiger partial charge in [-0.15, -0.1) is 12.4 Å². The van der Waals surface area contributed by atoms with E-state index in [1.165, 1.54) is 6.92 Å². The molecule has 6 heteroatoms. The zero-order valence-electron chi connectivity index (χ0n) is 11.4. The molecule has 3 amide bonds. The number of carbonyl (C=O) groups is 3. The van der Waals surface area contributed by atoms with E-state index in [1.54, 1.807) is 24.3 Å². The molecule has 2 rings (SSSR count). The predicted octanol–water partition coefficient (Wildman–Crippen LogP) is 1.76. The van der Waals surface area contributed by atoms with E-state index < -0.39 is 5.41 Å². The van der Waals surface area contributed by atoms with Crippen LogP contribution >= 0.6 is 12.4 Å². The molecule has 0 bridgehead atoms. The van der Waals surface area contributed by atoms with E-state index in [0.717, 1.165) is 5.56 Å². The van der Waals surface area contributed by atoms with Crippen molar-refractivity contribution in [1.82, 2.24) is 5.32 Å². The highest BCUT2D eigenvalue weighted by Crippen LogP contribution is 2.32. The third kappa shape index (κ3) is 3.17. The van der Waals surface area contributed by atoms with E-state index in [-0.39, 0.29) is 30.1 Å². The molecule has 5 nitrogen and oxygen atoms in total. The number of nitrogens with one attached hydrogen (secondary N) is 2. The Morgan fingerprint density at radius 2 is 1.85 bits per heavy atom. The lowest BCUT2D eigenvalue weighted by Crippen LogP contribution is -2.49. The monoisotopic (exact) mass is 296 g/mol. The standard InChI is InChI=1S/C14H16N2O3.ClH/c1-9(17)15-11-5-3-10(4-6-11)14(2)8-7-12(18)16-13(14)19;/h3-6H,7-8H2,1-2H3,(H,15,17)(H,16,18,19);1H/t14-;/m1./s1. The molecule has 1 saturated heterocycles. The molecule has 1 atom stereocenters. The normalized spacial score (nSPS) is 21.7. The Balaban J connectivity index is 0.00000200. The van der Waals surface area contributed by atoms with Crippen LogP contribution in [0, 0.1) is 0 Å². The SMILES string of the molecule is CC(=O)Nc1ccc([C@@]2(C)CCC(=O)NC2=O)cc1.Cl. The highest BCUT2D eigenvalue weighted by atomic mass is 35.5. The fraction of sp³-hybridized carbons (Fsp3) is 0.357. The van der Waals surface area contributed by atoms with Gasteiger partial charge >= 0.3 is 0 Å². The summed E-state index contributed by atoms with van der Waals surface area (Å²) in [5, 5.41) is 5.04. The molecule has 20 heavy (non-hydrogen) atoms. The average molecular weight is 297 g/mol. The Morgan fingerprint density at radius 3 is 2.35 bits per heavy atom. The van der Waals surface area contributed by atoms with E-state index in [9.17, 15) is 14.4 Å². The molecule has 1 heterocycles. The van der Waals surface area contributed by atoms with Gasteiger partial charge in [0.15, 0.2) is 0 Å². The van der Waals surface area contributed by atoms with Crippen molar-refractivity contribution in [3.63, 3.8) is 0 Å². The van der Waals surface area contributed by atoms with Crippen molar-refractivity contribution < 1.29 is 14.4 Å². The molecule has 0 aliphatic carbocycles. The summed E-state index contributed by atoms with van der Waals surface area (Å²) in [4.78, 5) is 34.1. The van der Waals surface area contributed by atoms with Crippen LogP contribution in [-0.2, 0) is 19.8 Å². The highest BCUT2D eigenvalue weighted by molar-refractivity contribution is 6.03. The van der Waals surface area contributed by atoms with Gasteiger partial charge in [0.25, 0.3) is 0 Å². The van der Waals surface area contributed by atoms with Gasteiger partial charge in [-0.25, -0.2) is 0 Å². The number of anilines is 1. The number of benzene rings is 1. The maximum atomic E-state index is 12.0. The van der Waals surface area contributed by atoms with Crippen molar-refractivity contribution in [3.8, 4) is 0 Å². The number of halogens is 1. The second-order valence-electron chi connectivity index (χ2n) is 4.97. The largest absolute Gasteiger partial charge is 0.326 e. The first-order valence-corrected chi connectivity index (χ1v) is 6.14. The molecule has 2 N–H and O–H groups in total. The van der Waals surface area contributed by atoms with Crippen molar-refractivity contribution in [2.45, 2.75) is 32.1 Å². The summed E-state index contributed by atoms with van der Waals surface area (Å²) in [6.07, 6.45) is 0.840. The minimum absolute atomic E-state index is 0. The molecule has 1 aliphatic rings. The first-order chi connectivity index (χ1) is 8.91. The van der Waals surface area contributed by atoms with Crippen LogP contribution in [0.2, 0.25) is 0 Å². The quantitative estimate of drug-likeness (QED) is 0.817. The summed E-state index contributed by atoms with van der Waals surface area (Å²) in [6, 6.07) is 7.12.